The minimum atomic E-state index is 0.0418. The molecule has 0 bridgehead atoms. The molecule has 0 radical (unpaired) electrons. The smallest absolute Gasteiger partial charge is 0.226 e. The molecule has 2 atom stereocenters. The molecule has 2 unspecified atom stereocenters. The van der Waals surface area contributed by atoms with Gasteiger partial charge in [0.25, 0.3) is 0 Å². The molecule has 7 heteroatoms. The number of rotatable bonds is 4. The number of nitrogens with two attached hydrogens (primary N) is 1. The Morgan fingerprint density at radius 2 is 2.11 bits per heavy atom. The number of carbonyl (C=O) groups is 1. The average molecular weight is 386 g/mol. The van der Waals surface area contributed by atoms with E-state index in [9.17, 15) is 4.79 Å². The summed E-state index contributed by atoms with van der Waals surface area (Å²) in [4.78, 5) is 21.9. The molecule has 3 heterocycles. The zero-order chi connectivity index (χ0) is 19.3. The van der Waals surface area contributed by atoms with E-state index >= 15 is 0 Å². The summed E-state index contributed by atoms with van der Waals surface area (Å²) in [6, 6.07) is 2.29. The van der Waals surface area contributed by atoms with Crippen molar-refractivity contribution in [2.75, 3.05) is 50.0 Å². The van der Waals surface area contributed by atoms with E-state index in [-0.39, 0.29) is 18.1 Å². The van der Waals surface area contributed by atoms with E-state index in [1.54, 1.807) is 0 Å². The fraction of sp³-hybridized carbons (Fsp3) is 0.714. The average Bonchev–Trinajstić information content (AvgIpc) is 3.61. The number of nitrogens with zero attached hydrogens (tertiary/aromatic N) is 3. The maximum Gasteiger partial charge on any atom is 0.226 e. The molecule has 1 aromatic rings. The Morgan fingerprint density at radius 1 is 1.29 bits per heavy atom. The maximum absolute atomic E-state index is 12.5. The van der Waals surface area contributed by atoms with E-state index in [0.29, 0.717) is 11.8 Å². The Labute approximate surface area is 166 Å². The SMILES string of the molecule is CC1CN(c2nc(C3CC3)c(C3CNCCO3)cc2N)CCN1C(=O)C1CC1. The second-order valence-corrected chi connectivity index (χ2v) is 8.81. The third-order valence-electron chi connectivity index (χ3n) is 6.47. The minimum Gasteiger partial charge on any atom is -0.396 e. The normalized spacial score (nSPS) is 28.5. The number of ether oxygens (including phenoxy) is 1. The van der Waals surface area contributed by atoms with Crippen molar-refractivity contribution in [1.29, 1.82) is 0 Å². The van der Waals surface area contributed by atoms with Gasteiger partial charge in [0.1, 0.15) is 0 Å². The predicted octanol–water partition coefficient (Wildman–Crippen LogP) is 1.65. The van der Waals surface area contributed by atoms with Crippen molar-refractivity contribution in [2.24, 2.45) is 5.92 Å². The monoisotopic (exact) mass is 385 g/mol. The van der Waals surface area contributed by atoms with Gasteiger partial charge in [0, 0.05) is 56.2 Å². The lowest BCUT2D eigenvalue weighted by Crippen LogP contribution is -2.54. The number of hydrogen-bond donors (Lipinski definition) is 2. The Kier molecular flexibility index (Phi) is 4.67. The van der Waals surface area contributed by atoms with Gasteiger partial charge in [-0.3, -0.25) is 4.79 Å². The van der Waals surface area contributed by atoms with Gasteiger partial charge in [-0.25, -0.2) is 4.98 Å². The Bertz CT molecular complexity index is 755. The van der Waals surface area contributed by atoms with E-state index in [4.69, 9.17) is 15.5 Å². The van der Waals surface area contributed by atoms with Crippen LogP contribution in [0.1, 0.15) is 55.9 Å². The van der Waals surface area contributed by atoms with Crippen molar-refractivity contribution < 1.29 is 9.53 Å². The molecule has 3 N–H and O–H groups in total. The van der Waals surface area contributed by atoms with Gasteiger partial charge in [0.05, 0.1) is 24.1 Å². The number of aromatic nitrogens is 1. The molecule has 7 nitrogen and oxygen atoms in total. The summed E-state index contributed by atoms with van der Waals surface area (Å²) in [5.74, 6) is 2.04. The van der Waals surface area contributed by atoms with Crippen molar-refractivity contribution in [3.05, 3.63) is 17.3 Å². The number of nitrogen functional groups attached to an aromatic ring is 1. The maximum atomic E-state index is 12.5. The highest BCUT2D eigenvalue weighted by Gasteiger charge is 2.38. The van der Waals surface area contributed by atoms with Gasteiger partial charge in [0.15, 0.2) is 5.82 Å². The summed E-state index contributed by atoms with van der Waals surface area (Å²) in [6.45, 7) is 6.93. The van der Waals surface area contributed by atoms with Crippen LogP contribution in [-0.4, -0.2) is 61.2 Å². The van der Waals surface area contributed by atoms with Crippen LogP contribution in [0.15, 0.2) is 6.07 Å². The summed E-state index contributed by atoms with van der Waals surface area (Å²) in [7, 11) is 0. The first kappa shape index (κ1) is 18.2. The minimum absolute atomic E-state index is 0.0418. The zero-order valence-corrected chi connectivity index (χ0v) is 16.7. The summed E-state index contributed by atoms with van der Waals surface area (Å²) >= 11 is 0. The third kappa shape index (κ3) is 3.46. The Balaban J connectivity index is 1.38. The second kappa shape index (κ2) is 7.19. The van der Waals surface area contributed by atoms with E-state index in [0.717, 1.165) is 69.2 Å². The van der Waals surface area contributed by atoms with E-state index in [1.165, 1.54) is 18.5 Å². The summed E-state index contributed by atoms with van der Waals surface area (Å²) in [5.41, 5.74) is 9.54. The van der Waals surface area contributed by atoms with Crippen LogP contribution in [0.4, 0.5) is 11.5 Å². The molecule has 152 valence electrons. The largest absolute Gasteiger partial charge is 0.396 e. The van der Waals surface area contributed by atoms with Gasteiger partial charge in [-0.15, -0.1) is 0 Å². The van der Waals surface area contributed by atoms with Gasteiger partial charge < -0.3 is 25.6 Å². The number of piperazine rings is 1. The molecule has 1 aromatic heterocycles. The molecule has 0 spiro atoms. The molecule has 28 heavy (non-hydrogen) atoms. The number of anilines is 2. The zero-order valence-electron chi connectivity index (χ0n) is 16.7. The van der Waals surface area contributed by atoms with Crippen LogP contribution < -0.4 is 16.0 Å². The van der Waals surface area contributed by atoms with E-state index < -0.39 is 0 Å². The topological polar surface area (TPSA) is 83.7 Å². The van der Waals surface area contributed by atoms with Crippen LogP contribution in [0.5, 0.6) is 0 Å². The van der Waals surface area contributed by atoms with Crippen molar-refractivity contribution in [1.82, 2.24) is 15.2 Å². The molecular weight excluding hydrogens is 354 g/mol. The fourth-order valence-electron chi connectivity index (χ4n) is 4.55. The first-order valence-electron chi connectivity index (χ1n) is 10.8. The lowest BCUT2D eigenvalue weighted by Gasteiger charge is -2.41. The third-order valence-corrected chi connectivity index (χ3v) is 6.47. The molecule has 2 saturated heterocycles. The second-order valence-electron chi connectivity index (χ2n) is 8.81. The van der Waals surface area contributed by atoms with Crippen LogP contribution in [0.3, 0.4) is 0 Å². The lowest BCUT2D eigenvalue weighted by molar-refractivity contribution is -0.134. The molecular formula is C21H31N5O2. The van der Waals surface area contributed by atoms with Crippen molar-refractivity contribution in [3.63, 3.8) is 0 Å². The Morgan fingerprint density at radius 3 is 2.75 bits per heavy atom. The molecule has 2 aliphatic heterocycles. The summed E-state index contributed by atoms with van der Waals surface area (Å²) in [5, 5.41) is 3.41. The molecule has 4 fully saturated rings. The van der Waals surface area contributed by atoms with Gasteiger partial charge in [0.2, 0.25) is 5.91 Å². The van der Waals surface area contributed by atoms with Crippen LogP contribution in [0.25, 0.3) is 0 Å². The number of amides is 1. The molecule has 2 saturated carbocycles. The molecule has 5 rings (SSSR count). The molecule has 2 aliphatic carbocycles. The van der Waals surface area contributed by atoms with Crippen LogP contribution in [-0.2, 0) is 9.53 Å². The number of nitrogens with one attached hydrogen (secondary N) is 1. The standard InChI is InChI=1S/C21H31N5O2/c1-13-12-25(7-8-26(13)21(27)15-4-5-15)20-17(22)10-16(18-11-23-6-9-28-18)19(24-20)14-2-3-14/h10,13-15,18,23H,2-9,11-12,22H2,1H3. The van der Waals surface area contributed by atoms with Crippen molar-refractivity contribution >= 4 is 17.4 Å². The lowest BCUT2D eigenvalue weighted by atomic mass is 10.0. The van der Waals surface area contributed by atoms with Crippen LogP contribution in [0, 0.1) is 5.92 Å². The fourth-order valence-corrected chi connectivity index (χ4v) is 4.55. The number of pyridine rings is 1. The van der Waals surface area contributed by atoms with Gasteiger partial charge in [-0.2, -0.15) is 0 Å². The molecule has 0 aromatic carbocycles. The highest BCUT2D eigenvalue weighted by Crippen LogP contribution is 2.44. The predicted molar refractivity (Wildman–Crippen MR) is 108 cm³/mol. The highest BCUT2D eigenvalue weighted by atomic mass is 16.5. The molecule has 4 aliphatic rings. The summed E-state index contributed by atoms with van der Waals surface area (Å²) in [6.07, 6.45) is 4.56. The first-order valence-corrected chi connectivity index (χ1v) is 10.8. The van der Waals surface area contributed by atoms with Gasteiger partial charge in [-0.05, 0) is 38.7 Å². The van der Waals surface area contributed by atoms with Crippen LogP contribution in [0.2, 0.25) is 0 Å². The van der Waals surface area contributed by atoms with E-state index in [2.05, 4.69) is 28.1 Å². The van der Waals surface area contributed by atoms with Crippen molar-refractivity contribution in [3.8, 4) is 0 Å². The Hall–Kier alpha value is -1.86. The van der Waals surface area contributed by atoms with Gasteiger partial charge in [-0.1, -0.05) is 0 Å². The first-order chi connectivity index (χ1) is 13.6. The number of hydrogen-bond acceptors (Lipinski definition) is 6. The molecule has 1 amide bonds. The summed E-state index contributed by atoms with van der Waals surface area (Å²) < 4.78 is 5.99. The number of carbonyl (C=O) groups excluding carboxylic acids is 1. The van der Waals surface area contributed by atoms with Crippen molar-refractivity contribution in [2.45, 2.75) is 50.7 Å². The van der Waals surface area contributed by atoms with Crippen LogP contribution >= 0.6 is 0 Å². The highest BCUT2D eigenvalue weighted by molar-refractivity contribution is 5.81. The van der Waals surface area contributed by atoms with Gasteiger partial charge >= 0.3 is 0 Å². The number of morpholine rings is 1. The quantitative estimate of drug-likeness (QED) is 0.820. The van der Waals surface area contributed by atoms with E-state index in [1.807, 2.05) is 0 Å².